The van der Waals surface area contributed by atoms with Crippen LogP contribution in [0, 0.1) is 11.8 Å². The Kier molecular flexibility index (Phi) is 5.72. The highest BCUT2D eigenvalue weighted by Crippen LogP contribution is 2.47. The average Bonchev–Trinajstić information content (AvgIpc) is 3.07. The zero-order chi connectivity index (χ0) is 18.8. The fraction of sp³-hybridized carbons (Fsp3) is 0.696. The van der Waals surface area contributed by atoms with Crippen LogP contribution in [0.5, 0.6) is 0 Å². The molecule has 0 radical (unpaired) electrons. The van der Waals surface area contributed by atoms with Crippen LogP contribution in [0.25, 0.3) is 0 Å². The molecule has 5 atom stereocenters. The van der Waals surface area contributed by atoms with E-state index >= 15 is 0 Å². The minimum atomic E-state index is -0.229. The summed E-state index contributed by atoms with van der Waals surface area (Å²) >= 11 is 0. The Morgan fingerprint density at radius 1 is 1.19 bits per heavy atom. The van der Waals surface area contributed by atoms with Crippen molar-refractivity contribution in [3.8, 4) is 0 Å². The highest BCUT2D eigenvalue weighted by atomic mass is 16.6. The number of rotatable bonds is 5. The molecule has 2 heterocycles. The lowest BCUT2D eigenvalue weighted by molar-refractivity contribution is -0.0104. The lowest BCUT2D eigenvalue weighted by Crippen LogP contribution is -2.54. The molecule has 3 fully saturated rings. The van der Waals surface area contributed by atoms with E-state index in [2.05, 4.69) is 48.3 Å². The fourth-order valence-electron chi connectivity index (χ4n) is 5.65. The molecule has 4 nitrogen and oxygen atoms in total. The van der Waals surface area contributed by atoms with Crippen molar-refractivity contribution in [2.24, 2.45) is 11.8 Å². The van der Waals surface area contributed by atoms with E-state index in [-0.39, 0.29) is 12.2 Å². The topological polar surface area (TPSA) is 41.6 Å². The predicted molar refractivity (Wildman–Crippen MR) is 108 cm³/mol. The number of piperidine rings is 2. The van der Waals surface area contributed by atoms with Gasteiger partial charge in [-0.1, -0.05) is 37.6 Å². The lowest BCUT2D eigenvalue weighted by atomic mass is 9.81. The molecule has 148 valence electrons. The van der Waals surface area contributed by atoms with E-state index in [0.29, 0.717) is 30.5 Å². The summed E-state index contributed by atoms with van der Waals surface area (Å²) in [6.07, 6.45) is 8.00. The van der Waals surface area contributed by atoms with Gasteiger partial charge in [0, 0.05) is 24.5 Å². The van der Waals surface area contributed by atoms with E-state index in [0.717, 1.165) is 19.3 Å². The van der Waals surface area contributed by atoms with E-state index in [4.69, 9.17) is 4.74 Å². The van der Waals surface area contributed by atoms with E-state index in [1.54, 1.807) is 0 Å². The molecule has 4 heteroatoms. The monoisotopic (exact) mass is 370 g/mol. The van der Waals surface area contributed by atoms with Gasteiger partial charge in [-0.3, -0.25) is 4.90 Å². The van der Waals surface area contributed by atoms with Crippen LogP contribution >= 0.6 is 0 Å². The first-order valence-corrected chi connectivity index (χ1v) is 10.9. The van der Waals surface area contributed by atoms with Gasteiger partial charge in [0.2, 0.25) is 0 Å². The van der Waals surface area contributed by atoms with Crippen molar-refractivity contribution in [2.45, 2.75) is 77.0 Å². The number of carbonyl (C=O) groups is 1. The Morgan fingerprint density at radius 3 is 2.74 bits per heavy atom. The first kappa shape index (κ1) is 18.8. The van der Waals surface area contributed by atoms with Gasteiger partial charge in [-0.2, -0.15) is 0 Å². The molecule has 3 aliphatic rings. The quantitative estimate of drug-likeness (QED) is 0.846. The molecule has 1 N–H and O–H groups in total. The molecule has 1 amide bonds. The van der Waals surface area contributed by atoms with Crippen LogP contribution in [0.1, 0.15) is 57.1 Å². The SMILES string of the molecule is CCc1ccc(CCNC(=O)O[C@@H]2C[C@H]3C[C@@H]2[C@H]2CCCCN2[C@H]3C)cc1. The van der Waals surface area contributed by atoms with Crippen LogP contribution in [0.4, 0.5) is 4.79 Å². The lowest BCUT2D eigenvalue weighted by Gasteiger charge is -2.47. The Balaban J connectivity index is 1.27. The smallest absolute Gasteiger partial charge is 0.407 e. The highest BCUT2D eigenvalue weighted by Gasteiger charge is 2.51. The number of benzene rings is 1. The number of hydrogen-bond donors (Lipinski definition) is 1. The van der Waals surface area contributed by atoms with Gasteiger partial charge in [0.1, 0.15) is 6.10 Å². The summed E-state index contributed by atoms with van der Waals surface area (Å²) in [5.41, 5.74) is 2.61. The van der Waals surface area contributed by atoms with Crippen LogP contribution in [0.15, 0.2) is 24.3 Å². The van der Waals surface area contributed by atoms with Gasteiger partial charge < -0.3 is 10.1 Å². The van der Waals surface area contributed by atoms with Gasteiger partial charge >= 0.3 is 6.09 Å². The van der Waals surface area contributed by atoms with Crippen LogP contribution < -0.4 is 5.32 Å². The summed E-state index contributed by atoms with van der Waals surface area (Å²) in [5.74, 6) is 1.23. The molecule has 2 saturated heterocycles. The van der Waals surface area contributed by atoms with Crippen molar-refractivity contribution in [1.29, 1.82) is 0 Å². The van der Waals surface area contributed by atoms with Crippen molar-refractivity contribution in [1.82, 2.24) is 10.2 Å². The molecular formula is C23H34N2O2. The van der Waals surface area contributed by atoms with Crippen LogP contribution in [0.2, 0.25) is 0 Å². The fourth-order valence-corrected chi connectivity index (χ4v) is 5.65. The predicted octanol–water partition coefficient (Wildman–Crippen LogP) is 4.17. The number of hydrogen-bond acceptors (Lipinski definition) is 3. The Bertz CT molecular complexity index is 644. The molecule has 1 aromatic rings. The molecule has 1 aliphatic carbocycles. The zero-order valence-electron chi connectivity index (χ0n) is 16.8. The summed E-state index contributed by atoms with van der Waals surface area (Å²) in [7, 11) is 0. The molecule has 0 aromatic heterocycles. The van der Waals surface area contributed by atoms with Crippen LogP contribution in [-0.2, 0) is 17.6 Å². The summed E-state index contributed by atoms with van der Waals surface area (Å²) in [6.45, 7) is 6.41. The van der Waals surface area contributed by atoms with Gasteiger partial charge in [-0.05, 0) is 69.0 Å². The van der Waals surface area contributed by atoms with E-state index in [1.165, 1.54) is 43.4 Å². The molecule has 0 unspecified atom stereocenters. The van der Waals surface area contributed by atoms with Gasteiger partial charge in [-0.25, -0.2) is 4.79 Å². The minimum Gasteiger partial charge on any atom is -0.446 e. The number of carbonyl (C=O) groups excluding carboxylic acids is 1. The number of nitrogens with one attached hydrogen (secondary N) is 1. The number of amides is 1. The summed E-state index contributed by atoms with van der Waals surface area (Å²) < 4.78 is 5.92. The first-order chi connectivity index (χ1) is 13.2. The van der Waals surface area contributed by atoms with Crippen molar-refractivity contribution < 1.29 is 9.53 Å². The van der Waals surface area contributed by atoms with Crippen molar-refractivity contribution in [2.75, 3.05) is 13.1 Å². The van der Waals surface area contributed by atoms with Crippen molar-refractivity contribution in [3.05, 3.63) is 35.4 Å². The molecule has 2 bridgehead atoms. The zero-order valence-corrected chi connectivity index (χ0v) is 16.8. The second kappa shape index (κ2) is 8.22. The van der Waals surface area contributed by atoms with E-state index in [1.807, 2.05) is 0 Å². The van der Waals surface area contributed by atoms with Gasteiger partial charge in [0.05, 0.1) is 0 Å². The molecule has 27 heavy (non-hydrogen) atoms. The molecule has 1 aromatic carbocycles. The third-order valence-corrected chi connectivity index (χ3v) is 7.25. The number of alkyl carbamates (subject to hydrolysis) is 1. The van der Waals surface area contributed by atoms with Gasteiger partial charge in [0.25, 0.3) is 0 Å². The Labute approximate surface area is 163 Å². The van der Waals surface area contributed by atoms with Gasteiger partial charge in [-0.15, -0.1) is 0 Å². The van der Waals surface area contributed by atoms with E-state index in [9.17, 15) is 4.79 Å². The second-order valence-electron chi connectivity index (χ2n) is 8.73. The Morgan fingerprint density at radius 2 is 1.96 bits per heavy atom. The maximum Gasteiger partial charge on any atom is 0.407 e. The van der Waals surface area contributed by atoms with Gasteiger partial charge in [0.15, 0.2) is 0 Å². The summed E-state index contributed by atoms with van der Waals surface area (Å²) in [5, 5.41) is 2.98. The van der Waals surface area contributed by atoms with Crippen molar-refractivity contribution in [3.63, 3.8) is 0 Å². The number of aryl methyl sites for hydroxylation is 1. The maximum absolute atomic E-state index is 12.4. The number of ether oxygens (including phenoxy) is 1. The maximum atomic E-state index is 12.4. The number of fused-ring (bicyclic) bond motifs is 4. The second-order valence-corrected chi connectivity index (χ2v) is 8.73. The van der Waals surface area contributed by atoms with Crippen LogP contribution in [0.3, 0.4) is 0 Å². The molecule has 4 rings (SSSR count). The largest absolute Gasteiger partial charge is 0.446 e. The summed E-state index contributed by atoms with van der Waals surface area (Å²) in [6, 6.07) is 9.93. The Hall–Kier alpha value is -1.55. The molecule has 2 aliphatic heterocycles. The normalized spacial score (nSPS) is 32.7. The highest BCUT2D eigenvalue weighted by molar-refractivity contribution is 5.67. The standard InChI is InChI=1S/C23H34N2O2/c1-3-17-7-9-18(10-8-17)11-12-24-23(26)27-22-15-19-14-20(22)21-6-4-5-13-25(21)16(19)2/h7-10,16,19-22H,3-6,11-15H2,1-2H3,(H,24,26)/t16-,19+,20+,21+,22+/m0/s1. The third-order valence-electron chi connectivity index (χ3n) is 7.25. The number of nitrogens with zero attached hydrogens (tertiary/aromatic N) is 1. The van der Waals surface area contributed by atoms with Crippen molar-refractivity contribution >= 4 is 6.09 Å². The molecule has 1 saturated carbocycles. The van der Waals surface area contributed by atoms with E-state index < -0.39 is 0 Å². The molecule has 0 spiro atoms. The first-order valence-electron chi connectivity index (χ1n) is 10.9. The third kappa shape index (κ3) is 4.01. The minimum absolute atomic E-state index is 0.106. The summed E-state index contributed by atoms with van der Waals surface area (Å²) in [4.78, 5) is 15.1. The molecular weight excluding hydrogens is 336 g/mol. The van der Waals surface area contributed by atoms with Crippen LogP contribution in [-0.4, -0.2) is 42.3 Å². The average molecular weight is 371 g/mol.